The first-order valence-corrected chi connectivity index (χ1v) is 5.35. The Labute approximate surface area is 104 Å². The highest BCUT2D eigenvalue weighted by atomic mass is 35.5. The number of hydrogen-bond donors (Lipinski definition) is 0. The third-order valence-electron chi connectivity index (χ3n) is 1.94. The van der Waals surface area contributed by atoms with E-state index in [0.29, 0.717) is 15.8 Å². The van der Waals surface area contributed by atoms with Crippen LogP contribution in [0.3, 0.4) is 0 Å². The number of esters is 1. The van der Waals surface area contributed by atoms with Gasteiger partial charge in [0.2, 0.25) is 0 Å². The van der Waals surface area contributed by atoms with E-state index in [1.165, 1.54) is 7.11 Å². The summed E-state index contributed by atoms with van der Waals surface area (Å²) in [6.07, 6.45) is 0. The van der Waals surface area contributed by atoms with Crippen molar-refractivity contribution < 1.29 is 14.3 Å². The Morgan fingerprint density at radius 3 is 2.50 bits per heavy atom. The van der Waals surface area contributed by atoms with Gasteiger partial charge in [-0.2, -0.15) is 0 Å². The SMILES string of the molecule is COC(=O)C(C)(C)Oc1cc(Cl)ccc1Cl. The molecular formula is C11H12Cl2O3. The van der Waals surface area contributed by atoms with Crippen LogP contribution >= 0.6 is 23.2 Å². The first kappa shape index (κ1) is 13.1. The van der Waals surface area contributed by atoms with Gasteiger partial charge in [-0.3, -0.25) is 0 Å². The average molecular weight is 263 g/mol. The summed E-state index contributed by atoms with van der Waals surface area (Å²) in [5.74, 6) is -0.131. The first-order valence-electron chi connectivity index (χ1n) is 4.59. The quantitative estimate of drug-likeness (QED) is 0.784. The van der Waals surface area contributed by atoms with Crippen molar-refractivity contribution in [2.24, 2.45) is 0 Å². The number of ether oxygens (including phenoxy) is 2. The van der Waals surface area contributed by atoms with E-state index in [1.807, 2.05) is 0 Å². The highest BCUT2D eigenvalue weighted by molar-refractivity contribution is 6.34. The molecule has 0 aliphatic heterocycles. The maximum absolute atomic E-state index is 11.4. The molecule has 0 radical (unpaired) electrons. The fourth-order valence-corrected chi connectivity index (χ4v) is 1.44. The van der Waals surface area contributed by atoms with Crippen LogP contribution in [0.2, 0.25) is 10.0 Å². The van der Waals surface area contributed by atoms with Crippen LogP contribution in [0.5, 0.6) is 5.75 Å². The van der Waals surface area contributed by atoms with Crippen molar-refractivity contribution in [2.45, 2.75) is 19.4 Å². The van der Waals surface area contributed by atoms with Gasteiger partial charge in [-0.25, -0.2) is 4.79 Å². The second kappa shape index (κ2) is 4.93. The molecule has 88 valence electrons. The van der Waals surface area contributed by atoms with Crippen LogP contribution in [0.25, 0.3) is 0 Å². The van der Waals surface area contributed by atoms with E-state index in [2.05, 4.69) is 4.74 Å². The minimum Gasteiger partial charge on any atom is -0.475 e. The second-order valence-electron chi connectivity index (χ2n) is 3.68. The Bertz CT molecular complexity index is 402. The summed E-state index contributed by atoms with van der Waals surface area (Å²) in [6, 6.07) is 4.79. The third-order valence-corrected chi connectivity index (χ3v) is 2.48. The summed E-state index contributed by atoms with van der Waals surface area (Å²) < 4.78 is 10.1. The lowest BCUT2D eigenvalue weighted by molar-refractivity contribution is -0.156. The molecule has 0 amide bonds. The van der Waals surface area contributed by atoms with Crippen LogP contribution in [-0.2, 0) is 9.53 Å². The van der Waals surface area contributed by atoms with Gasteiger partial charge in [0, 0.05) is 11.1 Å². The van der Waals surface area contributed by atoms with Gasteiger partial charge in [0.05, 0.1) is 12.1 Å². The molecule has 0 spiro atoms. The number of halogens is 2. The highest BCUT2D eigenvalue weighted by Gasteiger charge is 2.31. The minimum absolute atomic E-state index is 0.351. The molecule has 0 saturated heterocycles. The van der Waals surface area contributed by atoms with Crippen molar-refractivity contribution in [3.8, 4) is 5.75 Å². The summed E-state index contributed by atoms with van der Waals surface area (Å²) in [5, 5.41) is 0.876. The van der Waals surface area contributed by atoms with Gasteiger partial charge in [-0.05, 0) is 26.0 Å². The normalized spacial score (nSPS) is 11.1. The lowest BCUT2D eigenvalue weighted by Gasteiger charge is -2.24. The van der Waals surface area contributed by atoms with Gasteiger partial charge >= 0.3 is 5.97 Å². The molecule has 0 N–H and O–H groups in total. The Morgan fingerprint density at radius 1 is 1.31 bits per heavy atom. The molecule has 3 nitrogen and oxygen atoms in total. The molecule has 0 unspecified atom stereocenters. The van der Waals surface area contributed by atoms with Crippen molar-refractivity contribution in [1.82, 2.24) is 0 Å². The third kappa shape index (κ3) is 3.03. The van der Waals surface area contributed by atoms with E-state index in [-0.39, 0.29) is 0 Å². The standard InChI is InChI=1S/C11H12Cl2O3/c1-11(2,10(14)15-3)16-9-6-7(12)4-5-8(9)13/h4-6H,1-3H3. The molecule has 0 heterocycles. The molecular weight excluding hydrogens is 251 g/mol. The lowest BCUT2D eigenvalue weighted by Crippen LogP contribution is -2.39. The predicted octanol–water partition coefficient (Wildman–Crippen LogP) is 3.32. The molecule has 0 aliphatic rings. The maximum atomic E-state index is 11.4. The Balaban J connectivity index is 2.95. The molecule has 0 aromatic heterocycles. The highest BCUT2D eigenvalue weighted by Crippen LogP contribution is 2.30. The van der Waals surface area contributed by atoms with Crippen LogP contribution in [-0.4, -0.2) is 18.7 Å². The summed E-state index contributed by atoms with van der Waals surface area (Å²) in [6.45, 7) is 3.19. The Kier molecular flexibility index (Phi) is 4.05. The number of carbonyl (C=O) groups is 1. The molecule has 0 fully saturated rings. The maximum Gasteiger partial charge on any atom is 0.349 e. The molecule has 0 aliphatic carbocycles. The summed E-state index contributed by atoms with van der Waals surface area (Å²) in [7, 11) is 1.30. The number of benzene rings is 1. The van der Waals surface area contributed by atoms with Gasteiger partial charge in [-0.1, -0.05) is 23.2 Å². The van der Waals surface area contributed by atoms with Crippen LogP contribution in [0.15, 0.2) is 18.2 Å². The second-order valence-corrected chi connectivity index (χ2v) is 4.52. The minimum atomic E-state index is -1.11. The van der Waals surface area contributed by atoms with Gasteiger partial charge in [0.15, 0.2) is 5.60 Å². The zero-order valence-electron chi connectivity index (χ0n) is 9.21. The van der Waals surface area contributed by atoms with E-state index in [4.69, 9.17) is 27.9 Å². The van der Waals surface area contributed by atoms with Crippen LogP contribution in [0, 0.1) is 0 Å². The van der Waals surface area contributed by atoms with E-state index >= 15 is 0 Å². The summed E-state index contributed by atoms with van der Waals surface area (Å²) in [4.78, 5) is 11.4. The monoisotopic (exact) mass is 262 g/mol. The molecule has 0 atom stereocenters. The van der Waals surface area contributed by atoms with E-state index in [9.17, 15) is 4.79 Å². The van der Waals surface area contributed by atoms with Crippen molar-refractivity contribution in [3.63, 3.8) is 0 Å². The zero-order valence-corrected chi connectivity index (χ0v) is 10.7. The van der Waals surface area contributed by atoms with Crippen molar-refractivity contribution in [1.29, 1.82) is 0 Å². The summed E-state index contributed by atoms with van der Waals surface area (Å²) in [5.41, 5.74) is -1.11. The fourth-order valence-electron chi connectivity index (χ4n) is 1.12. The number of methoxy groups -OCH3 is 1. The van der Waals surface area contributed by atoms with Crippen LogP contribution in [0.1, 0.15) is 13.8 Å². The molecule has 5 heteroatoms. The summed E-state index contributed by atoms with van der Waals surface area (Å²) >= 11 is 11.7. The number of hydrogen-bond acceptors (Lipinski definition) is 3. The molecule has 1 aromatic carbocycles. The average Bonchev–Trinajstić information content (AvgIpc) is 2.22. The molecule has 16 heavy (non-hydrogen) atoms. The topological polar surface area (TPSA) is 35.5 Å². The molecule has 1 aromatic rings. The van der Waals surface area contributed by atoms with Crippen molar-refractivity contribution >= 4 is 29.2 Å². The van der Waals surface area contributed by atoms with Gasteiger partial charge < -0.3 is 9.47 Å². The molecule has 0 saturated carbocycles. The van der Waals surface area contributed by atoms with E-state index in [0.717, 1.165) is 0 Å². The lowest BCUT2D eigenvalue weighted by atomic mass is 10.1. The predicted molar refractivity (Wildman–Crippen MR) is 63.2 cm³/mol. The van der Waals surface area contributed by atoms with Crippen LogP contribution in [0.4, 0.5) is 0 Å². The van der Waals surface area contributed by atoms with Gasteiger partial charge in [0.25, 0.3) is 0 Å². The smallest absolute Gasteiger partial charge is 0.349 e. The zero-order chi connectivity index (χ0) is 12.3. The van der Waals surface area contributed by atoms with Crippen LogP contribution < -0.4 is 4.74 Å². The largest absolute Gasteiger partial charge is 0.475 e. The number of carbonyl (C=O) groups excluding carboxylic acids is 1. The molecule has 0 bridgehead atoms. The Morgan fingerprint density at radius 2 is 1.94 bits per heavy atom. The van der Waals surface area contributed by atoms with Crippen molar-refractivity contribution in [2.75, 3.05) is 7.11 Å². The van der Waals surface area contributed by atoms with E-state index < -0.39 is 11.6 Å². The van der Waals surface area contributed by atoms with E-state index in [1.54, 1.807) is 32.0 Å². The van der Waals surface area contributed by atoms with Gasteiger partial charge in [0.1, 0.15) is 5.75 Å². The molecule has 1 rings (SSSR count). The van der Waals surface area contributed by atoms with Crippen molar-refractivity contribution in [3.05, 3.63) is 28.2 Å². The Hall–Kier alpha value is -0.930. The number of rotatable bonds is 3. The first-order chi connectivity index (χ1) is 7.36. The fraction of sp³-hybridized carbons (Fsp3) is 0.364. The van der Waals surface area contributed by atoms with Gasteiger partial charge in [-0.15, -0.1) is 0 Å².